The fourth-order valence-electron chi connectivity index (χ4n) is 2.97. The van der Waals surface area contributed by atoms with Crippen molar-refractivity contribution in [2.45, 2.75) is 59.2 Å². The van der Waals surface area contributed by atoms with E-state index in [9.17, 15) is 4.39 Å². The molecule has 1 aliphatic rings. The molecule has 21 heavy (non-hydrogen) atoms. The Morgan fingerprint density at radius 1 is 1.29 bits per heavy atom. The average Bonchev–Trinajstić information content (AvgIpc) is 2.48. The fourth-order valence-corrected chi connectivity index (χ4v) is 2.97. The minimum absolute atomic E-state index is 0.0686. The summed E-state index contributed by atoms with van der Waals surface area (Å²) in [4.78, 5) is 2.39. The second-order valence-corrected chi connectivity index (χ2v) is 6.59. The minimum Gasteiger partial charge on any atom is -0.310 e. The Labute approximate surface area is 128 Å². The van der Waals surface area contributed by atoms with Gasteiger partial charge in [0.1, 0.15) is 5.82 Å². The number of benzene rings is 1. The van der Waals surface area contributed by atoms with Crippen molar-refractivity contribution in [3.63, 3.8) is 0 Å². The monoisotopic (exact) mass is 292 g/mol. The van der Waals surface area contributed by atoms with E-state index < -0.39 is 0 Å². The van der Waals surface area contributed by atoms with Gasteiger partial charge in [0.25, 0.3) is 0 Å². The van der Waals surface area contributed by atoms with Crippen molar-refractivity contribution in [3.8, 4) is 0 Å². The molecule has 1 aromatic rings. The van der Waals surface area contributed by atoms with Crippen LogP contribution in [0.3, 0.4) is 0 Å². The van der Waals surface area contributed by atoms with Crippen LogP contribution in [-0.4, -0.2) is 24.0 Å². The maximum atomic E-state index is 14.0. The summed E-state index contributed by atoms with van der Waals surface area (Å²) >= 11 is 0. The van der Waals surface area contributed by atoms with Gasteiger partial charge in [0.15, 0.2) is 0 Å². The third-order valence-electron chi connectivity index (χ3n) is 4.50. The molecule has 0 saturated carbocycles. The highest BCUT2D eigenvalue weighted by molar-refractivity contribution is 5.25. The first kappa shape index (κ1) is 16.4. The third kappa shape index (κ3) is 5.08. The number of hydrogen-bond donors (Lipinski definition) is 1. The van der Waals surface area contributed by atoms with E-state index in [1.807, 2.05) is 12.1 Å². The average molecular weight is 292 g/mol. The number of halogens is 1. The first-order valence-electron chi connectivity index (χ1n) is 8.31. The summed E-state index contributed by atoms with van der Waals surface area (Å²) in [7, 11) is 0. The fraction of sp³-hybridized carbons (Fsp3) is 0.667. The highest BCUT2D eigenvalue weighted by Gasteiger charge is 2.18. The zero-order valence-electron chi connectivity index (χ0n) is 13.7. The Balaban J connectivity index is 1.94. The Bertz CT molecular complexity index is 437. The van der Waals surface area contributed by atoms with Crippen LogP contribution in [0.4, 0.5) is 4.39 Å². The van der Waals surface area contributed by atoms with E-state index in [0.717, 1.165) is 37.7 Å². The molecule has 0 amide bonds. The van der Waals surface area contributed by atoms with Gasteiger partial charge in [0, 0.05) is 24.7 Å². The zero-order valence-corrected chi connectivity index (χ0v) is 13.7. The Morgan fingerprint density at radius 3 is 2.62 bits per heavy atom. The summed E-state index contributed by atoms with van der Waals surface area (Å²) in [5, 5.41) is 3.39. The van der Waals surface area contributed by atoms with Crippen LogP contribution in [0.25, 0.3) is 0 Å². The van der Waals surface area contributed by atoms with Crippen molar-refractivity contribution in [1.82, 2.24) is 10.2 Å². The molecule has 0 atom stereocenters. The van der Waals surface area contributed by atoms with Crippen molar-refractivity contribution < 1.29 is 4.39 Å². The molecule has 118 valence electrons. The largest absolute Gasteiger partial charge is 0.310 e. The highest BCUT2D eigenvalue weighted by Crippen LogP contribution is 2.22. The quantitative estimate of drug-likeness (QED) is 0.854. The van der Waals surface area contributed by atoms with E-state index in [0.29, 0.717) is 6.04 Å². The number of nitrogens with one attached hydrogen (secondary N) is 1. The summed E-state index contributed by atoms with van der Waals surface area (Å²) < 4.78 is 14.0. The van der Waals surface area contributed by atoms with Crippen LogP contribution in [0.1, 0.15) is 51.2 Å². The molecule has 1 saturated heterocycles. The lowest BCUT2D eigenvalue weighted by molar-refractivity contribution is 0.173. The molecule has 0 unspecified atom stereocenters. The van der Waals surface area contributed by atoms with Crippen LogP contribution >= 0.6 is 0 Å². The van der Waals surface area contributed by atoms with Crippen molar-refractivity contribution >= 4 is 0 Å². The first-order chi connectivity index (χ1) is 10.1. The van der Waals surface area contributed by atoms with Crippen LogP contribution in [0.15, 0.2) is 18.2 Å². The maximum Gasteiger partial charge on any atom is 0.127 e. The van der Waals surface area contributed by atoms with Gasteiger partial charge in [-0.2, -0.15) is 0 Å². The smallest absolute Gasteiger partial charge is 0.127 e. The molecule has 1 aromatic carbocycles. The van der Waals surface area contributed by atoms with Gasteiger partial charge < -0.3 is 5.32 Å². The molecule has 2 rings (SSSR count). The summed E-state index contributed by atoms with van der Waals surface area (Å²) in [5.41, 5.74) is 2.01. The summed E-state index contributed by atoms with van der Waals surface area (Å²) in [6.45, 7) is 10.3. The van der Waals surface area contributed by atoms with Crippen molar-refractivity contribution in [1.29, 1.82) is 0 Å². The number of likely N-dealkylation sites (tertiary alicyclic amines) is 1. The lowest BCUT2D eigenvalue weighted by Crippen LogP contribution is -2.33. The second kappa shape index (κ2) is 7.90. The van der Waals surface area contributed by atoms with E-state index in [1.165, 1.54) is 24.8 Å². The number of hydrogen-bond acceptors (Lipinski definition) is 2. The van der Waals surface area contributed by atoms with Crippen molar-refractivity contribution in [2.75, 3.05) is 13.1 Å². The summed E-state index contributed by atoms with van der Waals surface area (Å²) in [5.74, 6) is 0.800. The van der Waals surface area contributed by atoms with Crippen LogP contribution in [-0.2, 0) is 13.1 Å². The highest BCUT2D eigenvalue weighted by atomic mass is 19.1. The van der Waals surface area contributed by atoms with E-state index >= 15 is 0 Å². The van der Waals surface area contributed by atoms with Crippen molar-refractivity contribution in [2.24, 2.45) is 5.92 Å². The SMILES string of the molecule is CCC1CCN(Cc2cc(CNC(C)C)ccc2F)CC1. The number of nitrogens with zero attached hydrogens (tertiary/aromatic N) is 1. The Morgan fingerprint density at radius 2 is 2.00 bits per heavy atom. The molecule has 0 spiro atoms. The summed E-state index contributed by atoms with van der Waals surface area (Å²) in [6, 6.07) is 5.98. The lowest BCUT2D eigenvalue weighted by atomic mass is 9.94. The van der Waals surface area contributed by atoms with E-state index in [-0.39, 0.29) is 5.82 Å². The Kier molecular flexibility index (Phi) is 6.19. The van der Waals surface area contributed by atoms with E-state index in [1.54, 1.807) is 6.07 Å². The van der Waals surface area contributed by atoms with Crippen LogP contribution < -0.4 is 5.32 Å². The van der Waals surface area contributed by atoms with Gasteiger partial charge in [0.05, 0.1) is 0 Å². The maximum absolute atomic E-state index is 14.0. The molecule has 1 heterocycles. The van der Waals surface area contributed by atoms with E-state index in [2.05, 4.69) is 31.0 Å². The standard InChI is InChI=1S/C18H29FN2/c1-4-15-7-9-21(10-8-15)13-17-11-16(5-6-18(17)19)12-20-14(2)3/h5-6,11,14-15,20H,4,7-10,12-13H2,1-3H3. The molecule has 2 nitrogen and oxygen atoms in total. The van der Waals surface area contributed by atoms with Crippen LogP contribution in [0.5, 0.6) is 0 Å². The normalized spacial score (nSPS) is 17.6. The molecule has 1 fully saturated rings. The molecule has 0 radical (unpaired) electrons. The van der Waals surface area contributed by atoms with Gasteiger partial charge in [-0.05, 0) is 43.5 Å². The molecule has 1 N–H and O–H groups in total. The van der Waals surface area contributed by atoms with Crippen LogP contribution in [0, 0.1) is 11.7 Å². The molecule has 1 aliphatic heterocycles. The van der Waals surface area contributed by atoms with Gasteiger partial charge in [-0.15, -0.1) is 0 Å². The molecular weight excluding hydrogens is 263 g/mol. The topological polar surface area (TPSA) is 15.3 Å². The second-order valence-electron chi connectivity index (χ2n) is 6.59. The van der Waals surface area contributed by atoms with Gasteiger partial charge >= 0.3 is 0 Å². The number of rotatable bonds is 6. The van der Waals surface area contributed by atoms with Gasteiger partial charge in [-0.3, -0.25) is 4.90 Å². The number of piperidine rings is 1. The molecule has 3 heteroatoms. The van der Waals surface area contributed by atoms with Gasteiger partial charge in [-0.1, -0.05) is 39.3 Å². The molecule has 0 aliphatic carbocycles. The molecule has 0 aromatic heterocycles. The summed E-state index contributed by atoms with van der Waals surface area (Å²) in [6.07, 6.45) is 3.79. The van der Waals surface area contributed by atoms with Gasteiger partial charge in [-0.25, -0.2) is 4.39 Å². The lowest BCUT2D eigenvalue weighted by Gasteiger charge is -2.31. The molecule has 0 bridgehead atoms. The van der Waals surface area contributed by atoms with E-state index in [4.69, 9.17) is 0 Å². The van der Waals surface area contributed by atoms with Gasteiger partial charge in [0.2, 0.25) is 0 Å². The van der Waals surface area contributed by atoms with Crippen molar-refractivity contribution in [3.05, 3.63) is 35.1 Å². The molecular formula is C18H29FN2. The first-order valence-corrected chi connectivity index (χ1v) is 8.31. The Hall–Kier alpha value is -0.930. The van der Waals surface area contributed by atoms with Crippen LogP contribution in [0.2, 0.25) is 0 Å². The predicted molar refractivity (Wildman–Crippen MR) is 86.7 cm³/mol. The third-order valence-corrected chi connectivity index (χ3v) is 4.50. The predicted octanol–water partition coefficient (Wildman–Crippen LogP) is 3.95. The zero-order chi connectivity index (χ0) is 15.2. The minimum atomic E-state index is -0.0686.